The first-order valence-electron chi connectivity index (χ1n) is 6.59. The summed E-state index contributed by atoms with van der Waals surface area (Å²) in [6.07, 6.45) is 2.14. The maximum atomic E-state index is 12.2. The summed E-state index contributed by atoms with van der Waals surface area (Å²) in [5.41, 5.74) is 2.01. The highest BCUT2D eigenvalue weighted by molar-refractivity contribution is 6.30. The predicted octanol–water partition coefficient (Wildman–Crippen LogP) is 2.76. The Morgan fingerprint density at radius 3 is 2.65 bits per heavy atom. The van der Waals surface area contributed by atoms with Gasteiger partial charge in [0.2, 0.25) is 5.91 Å². The van der Waals surface area contributed by atoms with Crippen molar-refractivity contribution in [3.05, 3.63) is 52.8 Å². The topological polar surface area (TPSA) is 38.1 Å². The van der Waals surface area contributed by atoms with Crippen molar-refractivity contribution in [1.82, 2.24) is 14.7 Å². The molecule has 0 N–H and O–H groups in total. The van der Waals surface area contributed by atoms with Gasteiger partial charge in [-0.3, -0.25) is 9.48 Å². The molecule has 0 saturated carbocycles. The van der Waals surface area contributed by atoms with Crippen molar-refractivity contribution in [3.63, 3.8) is 0 Å². The largest absolute Gasteiger partial charge is 0.340 e. The number of hydrogen-bond acceptors (Lipinski definition) is 2. The first-order valence-corrected chi connectivity index (χ1v) is 6.97. The number of likely N-dealkylation sites (N-methyl/N-ethyl adjacent to an activating group) is 1. The van der Waals surface area contributed by atoms with E-state index in [1.54, 1.807) is 23.2 Å². The van der Waals surface area contributed by atoms with E-state index in [0.717, 1.165) is 17.8 Å². The highest BCUT2D eigenvalue weighted by Crippen LogP contribution is 2.11. The van der Waals surface area contributed by atoms with Crippen LogP contribution in [0.25, 0.3) is 0 Å². The lowest BCUT2D eigenvalue weighted by molar-refractivity contribution is -0.129. The van der Waals surface area contributed by atoms with Gasteiger partial charge in [-0.15, -0.1) is 0 Å². The Labute approximate surface area is 124 Å². The molecule has 106 valence electrons. The molecule has 0 atom stereocenters. The lowest BCUT2D eigenvalue weighted by atomic mass is 10.1. The summed E-state index contributed by atoms with van der Waals surface area (Å²) >= 11 is 5.83. The van der Waals surface area contributed by atoms with Gasteiger partial charge in [-0.1, -0.05) is 23.7 Å². The number of hydrogen-bond donors (Lipinski definition) is 0. The van der Waals surface area contributed by atoms with Gasteiger partial charge in [-0.05, 0) is 30.7 Å². The van der Waals surface area contributed by atoms with E-state index < -0.39 is 0 Å². The van der Waals surface area contributed by atoms with Gasteiger partial charge in [0.1, 0.15) is 0 Å². The third-order valence-corrected chi connectivity index (χ3v) is 3.45. The van der Waals surface area contributed by atoms with Gasteiger partial charge >= 0.3 is 0 Å². The van der Waals surface area contributed by atoms with Gasteiger partial charge in [0, 0.05) is 24.8 Å². The second-order valence-corrected chi connectivity index (χ2v) is 5.13. The van der Waals surface area contributed by atoms with Crippen LogP contribution in [0.3, 0.4) is 0 Å². The molecular formula is C15H18ClN3O. The highest BCUT2D eigenvalue weighted by atomic mass is 35.5. The third-order valence-electron chi connectivity index (χ3n) is 3.20. The third kappa shape index (κ3) is 3.61. The molecule has 0 spiro atoms. The van der Waals surface area contributed by atoms with Crippen LogP contribution in [0.15, 0.2) is 36.5 Å². The van der Waals surface area contributed by atoms with Gasteiger partial charge in [0.05, 0.1) is 18.7 Å². The molecule has 0 aliphatic rings. The fraction of sp³-hybridized carbons (Fsp3) is 0.333. The molecule has 0 fully saturated rings. The number of benzene rings is 1. The molecule has 5 heteroatoms. The lowest BCUT2D eigenvalue weighted by Gasteiger charge is -2.17. The van der Waals surface area contributed by atoms with Crippen molar-refractivity contribution in [3.8, 4) is 0 Å². The molecule has 2 rings (SSSR count). The Hall–Kier alpha value is -1.81. The average Bonchev–Trinajstić information content (AvgIpc) is 2.88. The molecule has 2 aromatic rings. The van der Waals surface area contributed by atoms with Crippen LogP contribution < -0.4 is 0 Å². The number of amides is 1. The fourth-order valence-electron chi connectivity index (χ4n) is 2.02. The van der Waals surface area contributed by atoms with Crippen LogP contribution in [-0.4, -0.2) is 27.6 Å². The monoisotopic (exact) mass is 291 g/mol. The van der Waals surface area contributed by atoms with E-state index in [9.17, 15) is 4.79 Å². The Kier molecular flexibility index (Phi) is 4.79. The van der Waals surface area contributed by atoms with Gasteiger partial charge in [0.25, 0.3) is 0 Å². The summed E-state index contributed by atoms with van der Waals surface area (Å²) in [7, 11) is 1.81. The summed E-state index contributed by atoms with van der Waals surface area (Å²) in [4.78, 5) is 13.9. The molecule has 0 bridgehead atoms. The second-order valence-electron chi connectivity index (χ2n) is 4.69. The second kappa shape index (κ2) is 6.57. The zero-order valence-electron chi connectivity index (χ0n) is 11.7. The van der Waals surface area contributed by atoms with Gasteiger partial charge in [-0.2, -0.15) is 5.10 Å². The normalized spacial score (nSPS) is 10.6. The minimum Gasteiger partial charge on any atom is -0.340 e. The van der Waals surface area contributed by atoms with Crippen molar-refractivity contribution in [2.24, 2.45) is 0 Å². The number of aromatic nitrogens is 2. The maximum absolute atomic E-state index is 12.2. The molecule has 1 aromatic carbocycles. The number of aryl methyl sites for hydroxylation is 1. The van der Waals surface area contributed by atoms with E-state index in [-0.39, 0.29) is 5.91 Å². The summed E-state index contributed by atoms with van der Waals surface area (Å²) in [6.45, 7) is 3.41. The molecule has 0 saturated heterocycles. The molecule has 0 unspecified atom stereocenters. The van der Waals surface area contributed by atoms with Crippen molar-refractivity contribution >= 4 is 17.5 Å². The molecule has 0 radical (unpaired) electrons. The van der Waals surface area contributed by atoms with Crippen LogP contribution in [0.2, 0.25) is 5.02 Å². The number of carbonyl (C=O) groups is 1. The fourth-order valence-corrected chi connectivity index (χ4v) is 2.15. The Bertz CT molecular complexity index is 577. The molecule has 20 heavy (non-hydrogen) atoms. The van der Waals surface area contributed by atoms with Crippen LogP contribution in [0.5, 0.6) is 0 Å². The SMILES string of the molecule is CCn1nccc1CN(C)C(=O)Cc1ccc(Cl)cc1. The predicted molar refractivity (Wildman–Crippen MR) is 79.5 cm³/mol. The van der Waals surface area contributed by atoms with Crippen LogP contribution in [0.4, 0.5) is 0 Å². The Morgan fingerprint density at radius 2 is 2.00 bits per heavy atom. The maximum Gasteiger partial charge on any atom is 0.227 e. The van der Waals surface area contributed by atoms with E-state index in [2.05, 4.69) is 5.10 Å². The van der Waals surface area contributed by atoms with E-state index in [4.69, 9.17) is 11.6 Å². The number of nitrogens with zero attached hydrogens (tertiary/aromatic N) is 3. The molecule has 0 aliphatic heterocycles. The summed E-state index contributed by atoms with van der Waals surface area (Å²) < 4.78 is 1.89. The quantitative estimate of drug-likeness (QED) is 0.849. The molecule has 4 nitrogen and oxygen atoms in total. The minimum atomic E-state index is 0.0798. The number of halogens is 1. The molecule has 1 aromatic heterocycles. The smallest absolute Gasteiger partial charge is 0.227 e. The Balaban J connectivity index is 1.97. The van der Waals surface area contributed by atoms with Crippen LogP contribution in [-0.2, 0) is 24.3 Å². The van der Waals surface area contributed by atoms with Crippen LogP contribution >= 0.6 is 11.6 Å². The minimum absolute atomic E-state index is 0.0798. The zero-order chi connectivity index (χ0) is 14.5. The zero-order valence-corrected chi connectivity index (χ0v) is 12.5. The number of rotatable bonds is 5. The van der Waals surface area contributed by atoms with Crippen molar-refractivity contribution in [1.29, 1.82) is 0 Å². The van der Waals surface area contributed by atoms with Crippen molar-refractivity contribution in [2.45, 2.75) is 26.4 Å². The number of carbonyl (C=O) groups excluding carboxylic acids is 1. The standard InChI is InChI=1S/C15H18ClN3O/c1-3-19-14(8-9-17-19)11-18(2)15(20)10-12-4-6-13(16)7-5-12/h4-9H,3,10-11H2,1-2H3. The molecule has 1 heterocycles. The summed E-state index contributed by atoms with van der Waals surface area (Å²) in [5.74, 6) is 0.0798. The first-order chi connectivity index (χ1) is 9.60. The summed E-state index contributed by atoms with van der Waals surface area (Å²) in [6, 6.07) is 9.30. The average molecular weight is 292 g/mol. The highest BCUT2D eigenvalue weighted by Gasteiger charge is 2.12. The summed E-state index contributed by atoms with van der Waals surface area (Å²) in [5, 5.41) is 4.89. The van der Waals surface area contributed by atoms with Gasteiger partial charge < -0.3 is 4.90 Å². The van der Waals surface area contributed by atoms with Crippen molar-refractivity contribution in [2.75, 3.05) is 7.05 Å². The van der Waals surface area contributed by atoms with E-state index in [1.165, 1.54) is 0 Å². The van der Waals surface area contributed by atoms with Crippen LogP contribution in [0, 0.1) is 0 Å². The lowest BCUT2D eigenvalue weighted by Crippen LogP contribution is -2.28. The first kappa shape index (κ1) is 14.6. The van der Waals surface area contributed by atoms with Crippen molar-refractivity contribution < 1.29 is 4.79 Å². The molecule has 0 aliphatic carbocycles. The van der Waals surface area contributed by atoms with Gasteiger partial charge in [0.15, 0.2) is 0 Å². The Morgan fingerprint density at radius 1 is 1.30 bits per heavy atom. The van der Waals surface area contributed by atoms with Crippen LogP contribution in [0.1, 0.15) is 18.2 Å². The molecular weight excluding hydrogens is 274 g/mol. The van der Waals surface area contributed by atoms with Gasteiger partial charge in [-0.25, -0.2) is 0 Å². The van der Waals surface area contributed by atoms with E-state index in [0.29, 0.717) is 18.0 Å². The molecule has 1 amide bonds. The van der Waals surface area contributed by atoms with E-state index >= 15 is 0 Å². The van der Waals surface area contributed by atoms with E-state index in [1.807, 2.05) is 36.9 Å².